The van der Waals surface area contributed by atoms with Crippen molar-refractivity contribution in [3.8, 4) is 0 Å². The minimum Gasteiger partial charge on any atom is -0.464 e. The molecule has 8 heteroatoms. The molecule has 1 aliphatic heterocycles. The molecule has 1 fully saturated rings. The van der Waals surface area contributed by atoms with Crippen LogP contribution in [0.4, 0.5) is 0 Å². The highest BCUT2D eigenvalue weighted by Crippen LogP contribution is 2.23. The van der Waals surface area contributed by atoms with E-state index in [0.717, 1.165) is 0 Å². The van der Waals surface area contributed by atoms with Gasteiger partial charge in [0, 0.05) is 18.5 Å². The summed E-state index contributed by atoms with van der Waals surface area (Å²) in [6.45, 7) is 9.74. The Morgan fingerprint density at radius 3 is 2.08 bits per heavy atom. The summed E-state index contributed by atoms with van der Waals surface area (Å²) in [6.07, 6.45) is 1.27. The first-order chi connectivity index (χ1) is 12.1. The third-order valence-electron chi connectivity index (χ3n) is 4.05. The summed E-state index contributed by atoms with van der Waals surface area (Å²) in [6, 6.07) is -1.49. The third-order valence-corrected chi connectivity index (χ3v) is 4.05. The molecule has 0 aromatic heterocycles. The van der Waals surface area contributed by atoms with Crippen LogP contribution in [0.2, 0.25) is 0 Å². The van der Waals surface area contributed by atoms with E-state index in [0.29, 0.717) is 19.4 Å². The number of piperidine rings is 1. The van der Waals surface area contributed by atoms with Crippen molar-refractivity contribution in [2.45, 2.75) is 53.5 Å². The summed E-state index contributed by atoms with van der Waals surface area (Å²) in [7, 11) is 0. The lowest BCUT2D eigenvalue weighted by molar-refractivity contribution is -0.160. The predicted octanol–water partition coefficient (Wildman–Crippen LogP) is 0.882. The number of nitrogens with zero attached hydrogens (tertiary/aromatic N) is 1. The molecule has 1 N–H and O–H groups in total. The van der Waals surface area contributed by atoms with Crippen LogP contribution in [0, 0.1) is 11.3 Å². The average Bonchev–Trinajstić information content (AvgIpc) is 2.58. The Morgan fingerprint density at radius 1 is 1.08 bits per heavy atom. The van der Waals surface area contributed by atoms with E-state index in [9.17, 15) is 19.2 Å². The number of rotatable bonds is 6. The van der Waals surface area contributed by atoms with Gasteiger partial charge in [0.15, 0.2) is 0 Å². The minimum atomic E-state index is -1.49. The van der Waals surface area contributed by atoms with Crippen molar-refractivity contribution in [1.29, 1.82) is 0 Å². The summed E-state index contributed by atoms with van der Waals surface area (Å²) in [5.41, 5.74) is -0.531. The zero-order valence-electron chi connectivity index (χ0n) is 16.3. The van der Waals surface area contributed by atoms with E-state index in [4.69, 9.17) is 9.47 Å². The molecule has 0 bridgehead atoms. The van der Waals surface area contributed by atoms with Gasteiger partial charge in [0.1, 0.15) is 0 Å². The Kier molecular flexibility index (Phi) is 8.05. The van der Waals surface area contributed by atoms with Gasteiger partial charge in [0.25, 0.3) is 0 Å². The van der Waals surface area contributed by atoms with E-state index in [1.807, 2.05) is 20.8 Å². The molecular formula is C18H30N2O6. The van der Waals surface area contributed by atoms with E-state index in [1.165, 1.54) is 0 Å². The molecule has 0 radical (unpaired) electrons. The first kappa shape index (κ1) is 21.9. The Balaban J connectivity index is 2.80. The van der Waals surface area contributed by atoms with Gasteiger partial charge in [-0.1, -0.05) is 20.8 Å². The molecule has 1 aliphatic rings. The highest BCUT2D eigenvalue weighted by Gasteiger charge is 2.37. The average molecular weight is 370 g/mol. The zero-order chi connectivity index (χ0) is 19.9. The monoisotopic (exact) mass is 370 g/mol. The Labute approximate surface area is 154 Å². The van der Waals surface area contributed by atoms with Crippen LogP contribution in [0.1, 0.15) is 47.5 Å². The van der Waals surface area contributed by atoms with Crippen LogP contribution < -0.4 is 5.32 Å². The van der Waals surface area contributed by atoms with Crippen LogP contribution in [0.15, 0.2) is 0 Å². The maximum absolute atomic E-state index is 12.6. The summed E-state index contributed by atoms with van der Waals surface area (Å²) < 4.78 is 9.69. The van der Waals surface area contributed by atoms with Crippen molar-refractivity contribution >= 4 is 23.8 Å². The second-order valence-electron chi connectivity index (χ2n) is 7.29. The normalized spacial score (nSPS) is 17.6. The van der Waals surface area contributed by atoms with Crippen LogP contribution in [-0.2, 0) is 28.7 Å². The van der Waals surface area contributed by atoms with Crippen LogP contribution >= 0.6 is 0 Å². The molecule has 0 aromatic carbocycles. The van der Waals surface area contributed by atoms with E-state index in [2.05, 4.69) is 5.32 Å². The van der Waals surface area contributed by atoms with Crippen molar-refractivity contribution in [3.63, 3.8) is 0 Å². The summed E-state index contributed by atoms with van der Waals surface area (Å²) in [5, 5.41) is 2.43. The van der Waals surface area contributed by atoms with Gasteiger partial charge in [-0.25, -0.2) is 9.59 Å². The molecule has 1 saturated heterocycles. The maximum atomic E-state index is 12.6. The van der Waals surface area contributed by atoms with Gasteiger partial charge >= 0.3 is 11.9 Å². The molecule has 1 rings (SSSR count). The highest BCUT2D eigenvalue weighted by atomic mass is 16.6. The van der Waals surface area contributed by atoms with E-state index in [-0.39, 0.29) is 25.7 Å². The molecule has 1 atom stereocenters. The lowest BCUT2D eigenvalue weighted by atomic mass is 9.91. The highest BCUT2D eigenvalue weighted by molar-refractivity contribution is 6.02. The predicted molar refractivity (Wildman–Crippen MR) is 94.0 cm³/mol. The first-order valence-electron chi connectivity index (χ1n) is 9.04. The molecule has 2 amide bonds. The van der Waals surface area contributed by atoms with Crippen molar-refractivity contribution in [1.82, 2.24) is 10.2 Å². The number of carbonyl (C=O) groups excluding carboxylic acids is 4. The van der Waals surface area contributed by atoms with E-state index >= 15 is 0 Å². The molecule has 0 aromatic rings. The van der Waals surface area contributed by atoms with Crippen molar-refractivity contribution in [3.05, 3.63) is 0 Å². The maximum Gasteiger partial charge on any atom is 0.340 e. The van der Waals surface area contributed by atoms with Gasteiger partial charge in [0.2, 0.25) is 17.9 Å². The summed E-state index contributed by atoms with van der Waals surface area (Å²) in [4.78, 5) is 50.6. The first-order valence-corrected chi connectivity index (χ1v) is 9.04. The fraction of sp³-hybridized carbons (Fsp3) is 0.778. The summed E-state index contributed by atoms with van der Waals surface area (Å²) in [5.74, 6) is -2.67. The van der Waals surface area contributed by atoms with Crippen molar-refractivity contribution < 1.29 is 28.7 Å². The number of hydrogen-bond donors (Lipinski definition) is 1. The molecule has 8 nitrogen and oxygen atoms in total. The van der Waals surface area contributed by atoms with Crippen LogP contribution in [0.25, 0.3) is 0 Å². The molecule has 0 aliphatic carbocycles. The molecular weight excluding hydrogens is 340 g/mol. The van der Waals surface area contributed by atoms with Gasteiger partial charge in [-0.15, -0.1) is 0 Å². The number of ether oxygens (including phenoxy) is 2. The SMILES string of the molecule is CCOC(=O)C(NC(=O)C1CCCN(C(=O)C(C)(C)C)C1)C(=O)OCC. The summed E-state index contributed by atoms with van der Waals surface area (Å²) >= 11 is 0. The molecule has 26 heavy (non-hydrogen) atoms. The topological polar surface area (TPSA) is 102 Å². The van der Waals surface area contributed by atoms with E-state index in [1.54, 1.807) is 18.7 Å². The van der Waals surface area contributed by atoms with Gasteiger partial charge in [-0.3, -0.25) is 9.59 Å². The quantitative estimate of drug-likeness (QED) is 0.550. The fourth-order valence-corrected chi connectivity index (χ4v) is 2.78. The minimum absolute atomic E-state index is 0.0256. The standard InChI is InChI=1S/C18H30N2O6/c1-6-25-15(22)13(16(23)26-7-2)19-14(21)12-9-8-10-20(11-12)17(24)18(3,4)5/h12-13H,6-11H2,1-5H3,(H,19,21). The number of esters is 2. The molecule has 0 spiro atoms. The molecule has 148 valence electrons. The smallest absolute Gasteiger partial charge is 0.340 e. The number of carbonyl (C=O) groups is 4. The van der Waals surface area contributed by atoms with E-state index < -0.39 is 35.2 Å². The molecule has 1 unspecified atom stereocenters. The second-order valence-corrected chi connectivity index (χ2v) is 7.29. The molecule has 1 heterocycles. The second kappa shape index (κ2) is 9.54. The Hall–Kier alpha value is -2.12. The fourth-order valence-electron chi connectivity index (χ4n) is 2.78. The number of likely N-dealkylation sites (tertiary alicyclic amines) is 1. The lowest BCUT2D eigenvalue weighted by Gasteiger charge is -2.36. The number of amides is 2. The van der Waals surface area contributed by atoms with Crippen LogP contribution in [-0.4, -0.2) is 61.0 Å². The van der Waals surface area contributed by atoms with Crippen molar-refractivity contribution in [2.75, 3.05) is 26.3 Å². The molecule has 0 saturated carbocycles. The van der Waals surface area contributed by atoms with Crippen LogP contribution in [0.5, 0.6) is 0 Å². The number of hydrogen-bond acceptors (Lipinski definition) is 6. The van der Waals surface area contributed by atoms with Gasteiger partial charge in [-0.2, -0.15) is 0 Å². The Morgan fingerprint density at radius 2 is 1.62 bits per heavy atom. The van der Waals surface area contributed by atoms with Gasteiger partial charge in [0.05, 0.1) is 19.1 Å². The zero-order valence-corrected chi connectivity index (χ0v) is 16.3. The number of nitrogens with one attached hydrogen (secondary N) is 1. The van der Waals surface area contributed by atoms with Gasteiger partial charge < -0.3 is 19.7 Å². The lowest BCUT2D eigenvalue weighted by Crippen LogP contribution is -2.53. The third kappa shape index (κ3) is 6.00. The largest absolute Gasteiger partial charge is 0.464 e. The Bertz CT molecular complexity index is 522. The van der Waals surface area contributed by atoms with Crippen molar-refractivity contribution in [2.24, 2.45) is 11.3 Å². The van der Waals surface area contributed by atoms with Crippen LogP contribution in [0.3, 0.4) is 0 Å². The van der Waals surface area contributed by atoms with Gasteiger partial charge in [-0.05, 0) is 26.7 Å².